The molecule has 0 aromatic heterocycles. The summed E-state index contributed by atoms with van der Waals surface area (Å²) in [4.78, 5) is 10.6. The summed E-state index contributed by atoms with van der Waals surface area (Å²) in [5.74, 6) is 0.319. The second-order valence-corrected chi connectivity index (χ2v) is 4.86. The van der Waals surface area contributed by atoms with Crippen LogP contribution in [0.1, 0.15) is 32.6 Å². The SMILES string of the molecule is CC(CC(=O)O)C1CC12CCOCC2. The molecule has 2 unspecified atom stereocenters. The molecule has 0 amide bonds. The van der Waals surface area contributed by atoms with Gasteiger partial charge in [0.1, 0.15) is 0 Å². The zero-order valence-corrected chi connectivity index (χ0v) is 8.66. The predicted octanol–water partition coefficient (Wildman–Crippen LogP) is 1.91. The predicted molar refractivity (Wildman–Crippen MR) is 52.0 cm³/mol. The van der Waals surface area contributed by atoms with Gasteiger partial charge in [0.2, 0.25) is 0 Å². The molecular weight excluding hydrogens is 180 g/mol. The van der Waals surface area contributed by atoms with E-state index in [0.29, 0.717) is 23.7 Å². The number of carboxylic acid groups (broad SMARTS) is 1. The fraction of sp³-hybridized carbons (Fsp3) is 0.909. The molecule has 1 saturated heterocycles. The number of carbonyl (C=O) groups is 1. The maximum absolute atomic E-state index is 10.6. The van der Waals surface area contributed by atoms with Crippen molar-refractivity contribution >= 4 is 5.97 Å². The zero-order chi connectivity index (χ0) is 10.2. The van der Waals surface area contributed by atoms with E-state index in [1.807, 2.05) is 0 Å². The maximum Gasteiger partial charge on any atom is 0.303 e. The smallest absolute Gasteiger partial charge is 0.303 e. The molecule has 1 saturated carbocycles. The largest absolute Gasteiger partial charge is 0.481 e. The number of aliphatic carboxylic acids is 1. The molecule has 2 fully saturated rings. The molecule has 3 heteroatoms. The number of hydrogen-bond acceptors (Lipinski definition) is 2. The van der Waals surface area contributed by atoms with Gasteiger partial charge >= 0.3 is 5.97 Å². The molecule has 1 heterocycles. The Hall–Kier alpha value is -0.570. The van der Waals surface area contributed by atoms with Gasteiger partial charge in [-0.3, -0.25) is 4.79 Å². The third kappa shape index (κ3) is 1.78. The first-order valence-electron chi connectivity index (χ1n) is 5.44. The van der Waals surface area contributed by atoms with Gasteiger partial charge in [0.15, 0.2) is 0 Å². The molecule has 80 valence electrons. The molecule has 0 bridgehead atoms. The molecule has 2 aliphatic rings. The summed E-state index contributed by atoms with van der Waals surface area (Å²) in [6.07, 6.45) is 3.83. The fourth-order valence-electron chi connectivity index (χ4n) is 2.95. The highest BCUT2D eigenvalue weighted by Crippen LogP contribution is 2.62. The normalized spacial score (nSPS) is 31.4. The summed E-state index contributed by atoms with van der Waals surface area (Å²) < 4.78 is 5.34. The highest BCUT2D eigenvalue weighted by molar-refractivity contribution is 5.67. The lowest BCUT2D eigenvalue weighted by Crippen LogP contribution is -2.21. The Morgan fingerprint density at radius 3 is 2.79 bits per heavy atom. The molecule has 0 aromatic carbocycles. The number of hydrogen-bond donors (Lipinski definition) is 1. The molecular formula is C11H18O3. The third-order valence-corrected chi connectivity index (χ3v) is 3.92. The lowest BCUT2D eigenvalue weighted by Gasteiger charge is -2.24. The van der Waals surface area contributed by atoms with Gasteiger partial charge < -0.3 is 9.84 Å². The summed E-state index contributed by atoms with van der Waals surface area (Å²) in [7, 11) is 0. The summed E-state index contributed by atoms with van der Waals surface area (Å²) in [5.41, 5.74) is 0.465. The Morgan fingerprint density at radius 2 is 2.21 bits per heavy atom. The van der Waals surface area contributed by atoms with Gasteiger partial charge in [-0.25, -0.2) is 0 Å². The Bertz CT molecular complexity index is 231. The molecule has 3 nitrogen and oxygen atoms in total. The monoisotopic (exact) mass is 198 g/mol. The minimum absolute atomic E-state index is 0.327. The van der Waals surface area contributed by atoms with Gasteiger partial charge in [-0.1, -0.05) is 6.92 Å². The standard InChI is InChI=1S/C11H18O3/c1-8(6-10(12)13)9-7-11(9)2-4-14-5-3-11/h8-9H,2-7H2,1H3,(H,12,13). The van der Waals surface area contributed by atoms with E-state index < -0.39 is 5.97 Å². The molecule has 1 aliphatic carbocycles. The fourth-order valence-corrected chi connectivity index (χ4v) is 2.95. The van der Waals surface area contributed by atoms with Gasteiger partial charge in [0, 0.05) is 19.6 Å². The van der Waals surface area contributed by atoms with Crippen LogP contribution in [-0.4, -0.2) is 24.3 Å². The summed E-state index contributed by atoms with van der Waals surface area (Å²) in [5, 5.41) is 8.72. The highest BCUT2D eigenvalue weighted by Gasteiger charge is 2.56. The lowest BCUT2D eigenvalue weighted by molar-refractivity contribution is -0.138. The van der Waals surface area contributed by atoms with Crippen molar-refractivity contribution in [1.29, 1.82) is 0 Å². The first-order valence-corrected chi connectivity index (χ1v) is 5.44. The second-order valence-electron chi connectivity index (χ2n) is 4.86. The first kappa shape index (κ1) is 9.97. The number of carboxylic acids is 1. The van der Waals surface area contributed by atoms with Crippen LogP contribution in [0, 0.1) is 17.3 Å². The topological polar surface area (TPSA) is 46.5 Å². The first-order chi connectivity index (χ1) is 6.64. The minimum atomic E-state index is -0.661. The van der Waals surface area contributed by atoms with Crippen molar-refractivity contribution in [3.63, 3.8) is 0 Å². The molecule has 0 aromatic rings. The molecule has 1 aliphatic heterocycles. The number of rotatable bonds is 3. The number of ether oxygens (including phenoxy) is 1. The molecule has 1 spiro atoms. The van der Waals surface area contributed by atoms with Crippen molar-refractivity contribution in [2.45, 2.75) is 32.6 Å². The lowest BCUT2D eigenvalue weighted by atomic mass is 9.88. The molecule has 2 atom stereocenters. The van der Waals surface area contributed by atoms with E-state index in [2.05, 4.69) is 6.92 Å². The average molecular weight is 198 g/mol. The van der Waals surface area contributed by atoms with Gasteiger partial charge in [0.25, 0.3) is 0 Å². The van der Waals surface area contributed by atoms with Crippen LogP contribution in [0.15, 0.2) is 0 Å². The average Bonchev–Trinajstić information content (AvgIpc) is 2.80. The Labute approximate surface area is 84.4 Å². The second kappa shape index (κ2) is 3.54. The van der Waals surface area contributed by atoms with Crippen LogP contribution in [0.2, 0.25) is 0 Å². The van der Waals surface area contributed by atoms with Crippen molar-refractivity contribution in [2.24, 2.45) is 17.3 Å². The van der Waals surface area contributed by atoms with Crippen LogP contribution >= 0.6 is 0 Å². The van der Waals surface area contributed by atoms with E-state index >= 15 is 0 Å². The van der Waals surface area contributed by atoms with Crippen molar-refractivity contribution in [1.82, 2.24) is 0 Å². The van der Waals surface area contributed by atoms with Crippen molar-refractivity contribution in [3.05, 3.63) is 0 Å². The van der Waals surface area contributed by atoms with Crippen LogP contribution in [-0.2, 0) is 9.53 Å². The molecule has 1 N–H and O–H groups in total. The minimum Gasteiger partial charge on any atom is -0.481 e. The molecule has 2 rings (SSSR count). The van der Waals surface area contributed by atoms with Gasteiger partial charge in [-0.15, -0.1) is 0 Å². The van der Waals surface area contributed by atoms with Gasteiger partial charge in [-0.2, -0.15) is 0 Å². The summed E-state index contributed by atoms with van der Waals surface area (Å²) >= 11 is 0. The Kier molecular flexibility index (Phi) is 2.52. The van der Waals surface area contributed by atoms with Gasteiger partial charge in [0.05, 0.1) is 0 Å². The molecule has 14 heavy (non-hydrogen) atoms. The van der Waals surface area contributed by atoms with Crippen LogP contribution in [0.5, 0.6) is 0 Å². The Morgan fingerprint density at radius 1 is 1.57 bits per heavy atom. The van der Waals surface area contributed by atoms with E-state index in [4.69, 9.17) is 9.84 Å². The molecule has 0 radical (unpaired) electrons. The van der Waals surface area contributed by atoms with Crippen LogP contribution in [0.25, 0.3) is 0 Å². The zero-order valence-electron chi connectivity index (χ0n) is 8.66. The third-order valence-electron chi connectivity index (χ3n) is 3.92. The van der Waals surface area contributed by atoms with Gasteiger partial charge in [-0.05, 0) is 36.5 Å². The van der Waals surface area contributed by atoms with Crippen molar-refractivity contribution in [2.75, 3.05) is 13.2 Å². The van der Waals surface area contributed by atoms with Crippen LogP contribution in [0.4, 0.5) is 0 Å². The van der Waals surface area contributed by atoms with Crippen LogP contribution in [0.3, 0.4) is 0 Å². The van der Waals surface area contributed by atoms with E-state index in [1.54, 1.807) is 0 Å². The summed E-state index contributed by atoms with van der Waals surface area (Å²) in [6.45, 7) is 3.82. The maximum atomic E-state index is 10.6. The van der Waals surface area contributed by atoms with Crippen molar-refractivity contribution in [3.8, 4) is 0 Å². The van der Waals surface area contributed by atoms with Crippen LogP contribution < -0.4 is 0 Å². The summed E-state index contributed by atoms with van der Waals surface area (Å²) in [6, 6.07) is 0. The Balaban J connectivity index is 1.87. The highest BCUT2D eigenvalue weighted by atomic mass is 16.5. The quantitative estimate of drug-likeness (QED) is 0.753. The van der Waals surface area contributed by atoms with E-state index in [9.17, 15) is 4.79 Å². The van der Waals surface area contributed by atoms with E-state index in [-0.39, 0.29) is 0 Å². The van der Waals surface area contributed by atoms with E-state index in [1.165, 1.54) is 6.42 Å². The van der Waals surface area contributed by atoms with E-state index in [0.717, 1.165) is 26.1 Å². The van der Waals surface area contributed by atoms with Crippen molar-refractivity contribution < 1.29 is 14.6 Å².